The zero-order valence-corrected chi connectivity index (χ0v) is 20.3. The number of ether oxygens (including phenoxy) is 1. The van der Waals surface area contributed by atoms with Crippen molar-refractivity contribution < 1.29 is 9.13 Å². The third-order valence-electron chi connectivity index (χ3n) is 5.97. The van der Waals surface area contributed by atoms with Crippen LogP contribution in [0.4, 0.5) is 4.39 Å². The van der Waals surface area contributed by atoms with Gasteiger partial charge in [0.15, 0.2) is 11.6 Å². The molecule has 3 nitrogen and oxygen atoms in total. The van der Waals surface area contributed by atoms with Crippen LogP contribution in [-0.2, 0) is 6.42 Å². The predicted molar refractivity (Wildman–Crippen MR) is 135 cm³/mol. The molecule has 33 heavy (non-hydrogen) atoms. The average molecular weight is 449 g/mol. The van der Waals surface area contributed by atoms with Crippen molar-refractivity contribution in [1.82, 2.24) is 9.97 Å². The average Bonchev–Trinajstić information content (AvgIpc) is 2.84. The molecule has 0 aliphatic rings. The van der Waals surface area contributed by atoms with Gasteiger partial charge in [0.2, 0.25) is 0 Å². The maximum Gasteiger partial charge on any atom is 0.159 e. The molecule has 3 rings (SSSR count). The highest BCUT2D eigenvalue weighted by atomic mass is 19.1. The van der Waals surface area contributed by atoms with Crippen LogP contribution in [0.5, 0.6) is 5.75 Å². The summed E-state index contributed by atoms with van der Waals surface area (Å²) in [6.45, 7) is 5.97. The quantitative estimate of drug-likeness (QED) is 0.247. The lowest BCUT2D eigenvalue weighted by molar-refractivity contribution is 0.0903. The van der Waals surface area contributed by atoms with Crippen LogP contribution in [0.15, 0.2) is 60.9 Å². The van der Waals surface area contributed by atoms with Crippen LogP contribution in [0, 0.1) is 0 Å². The fourth-order valence-electron chi connectivity index (χ4n) is 3.84. The highest BCUT2D eigenvalue weighted by Crippen LogP contribution is 2.25. The van der Waals surface area contributed by atoms with Gasteiger partial charge < -0.3 is 4.74 Å². The molecule has 0 unspecified atom stereocenters. The number of unbranched alkanes of at least 4 members (excludes halogenated alkanes) is 4. The number of rotatable bonds is 13. The number of aromatic nitrogens is 2. The number of alkyl halides is 1. The van der Waals surface area contributed by atoms with Gasteiger partial charge in [-0.15, -0.1) is 0 Å². The molecule has 0 saturated carbocycles. The van der Waals surface area contributed by atoms with Crippen LogP contribution in [-0.4, -0.2) is 22.2 Å². The van der Waals surface area contributed by atoms with Crippen LogP contribution in [0.25, 0.3) is 22.5 Å². The first-order valence-corrected chi connectivity index (χ1v) is 12.3. The Bertz CT molecular complexity index is 950. The summed E-state index contributed by atoms with van der Waals surface area (Å²) in [5.41, 5.74) is 3.38. The number of hydrogen-bond acceptors (Lipinski definition) is 3. The smallest absolute Gasteiger partial charge is 0.159 e. The highest BCUT2D eigenvalue weighted by molar-refractivity contribution is 5.67. The van der Waals surface area contributed by atoms with E-state index < -0.39 is 5.67 Å². The van der Waals surface area contributed by atoms with Gasteiger partial charge in [0.05, 0.1) is 12.4 Å². The predicted octanol–water partition coefficient (Wildman–Crippen LogP) is 8.23. The fraction of sp³-hybridized carbons (Fsp3) is 0.448. The summed E-state index contributed by atoms with van der Waals surface area (Å²) in [5, 5.41) is 0. The first-order chi connectivity index (χ1) is 16.0. The van der Waals surface area contributed by atoms with Gasteiger partial charge in [0.25, 0.3) is 0 Å². The van der Waals surface area contributed by atoms with Gasteiger partial charge in [-0.2, -0.15) is 0 Å². The number of benzene rings is 2. The van der Waals surface area contributed by atoms with E-state index >= 15 is 0 Å². The molecular weight excluding hydrogens is 411 g/mol. The second-order valence-corrected chi connectivity index (χ2v) is 9.13. The van der Waals surface area contributed by atoms with Crippen molar-refractivity contribution in [3.05, 3.63) is 66.5 Å². The molecule has 1 aromatic heterocycles. The van der Waals surface area contributed by atoms with E-state index in [4.69, 9.17) is 4.74 Å². The summed E-state index contributed by atoms with van der Waals surface area (Å²) in [6, 6.07) is 17.1. The summed E-state index contributed by atoms with van der Waals surface area (Å²) in [7, 11) is 0. The Labute approximate surface area is 198 Å². The normalized spacial score (nSPS) is 13.0. The van der Waals surface area contributed by atoms with Crippen LogP contribution < -0.4 is 4.74 Å². The largest absolute Gasteiger partial charge is 0.487 e. The molecule has 2 aromatic carbocycles. The Morgan fingerprint density at radius 1 is 0.758 bits per heavy atom. The molecule has 1 atom stereocenters. The zero-order chi connectivity index (χ0) is 23.5. The molecule has 4 heteroatoms. The van der Waals surface area contributed by atoms with Gasteiger partial charge in [-0.05, 0) is 42.9 Å². The monoisotopic (exact) mass is 448 g/mol. The lowest BCUT2D eigenvalue weighted by Gasteiger charge is -2.20. The van der Waals surface area contributed by atoms with Crippen molar-refractivity contribution in [2.24, 2.45) is 0 Å². The number of aryl methyl sites for hydroxylation is 1. The summed E-state index contributed by atoms with van der Waals surface area (Å²) < 4.78 is 20.2. The molecule has 0 radical (unpaired) electrons. The van der Waals surface area contributed by atoms with Crippen molar-refractivity contribution in [3.8, 4) is 28.3 Å². The zero-order valence-electron chi connectivity index (χ0n) is 20.3. The van der Waals surface area contributed by atoms with E-state index in [-0.39, 0.29) is 6.61 Å². The molecule has 176 valence electrons. The molecule has 0 amide bonds. The van der Waals surface area contributed by atoms with E-state index in [1.807, 2.05) is 12.1 Å². The van der Waals surface area contributed by atoms with E-state index in [2.05, 4.69) is 60.2 Å². The van der Waals surface area contributed by atoms with Crippen LogP contribution in [0.3, 0.4) is 0 Å². The Morgan fingerprint density at radius 2 is 1.30 bits per heavy atom. The minimum absolute atomic E-state index is 0.0194. The third-order valence-corrected chi connectivity index (χ3v) is 5.97. The van der Waals surface area contributed by atoms with Gasteiger partial charge in [-0.25, -0.2) is 14.4 Å². The molecular formula is C29H37FN2O. The van der Waals surface area contributed by atoms with Crippen molar-refractivity contribution in [2.75, 3.05) is 6.61 Å². The molecule has 0 bridgehead atoms. The first-order valence-electron chi connectivity index (χ1n) is 12.3. The lowest BCUT2D eigenvalue weighted by atomic mass is 10.0. The summed E-state index contributed by atoms with van der Waals surface area (Å²) in [5.74, 6) is 1.12. The lowest BCUT2D eigenvalue weighted by Crippen LogP contribution is -2.27. The second kappa shape index (κ2) is 12.5. The topological polar surface area (TPSA) is 35.0 Å². The number of halogens is 1. The number of nitrogens with zero attached hydrogens (tertiary/aromatic N) is 2. The maximum atomic E-state index is 14.5. The minimum atomic E-state index is -1.34. The van der Waals surface area contributed by atoms with Gasteiger partial charge in [-0.1, -0.05) is 94.5 Å². The Kier molecular flexibility index (Phi) is 9.41. The molecule has 0 saturated heterocycles. The van der Waals surface area contributed by atoms with E-state index in [1.54, 1.807) is 19.3 Å². The number of hydrogen-bond donors (Lipinski definition) is 0. The maximum absolute atomic E-state index is 14.5. The fourth-order valence-corrected chi connectivity index (χ4v) is 3.84. The van der Waals surface area contributed by atoms with Crippen molar-refractivity contribution in [2.45, 2.75) is 77.8 Å². The standard InChI is InChI=1S/C29H37FN2O/c1-4-6-8-10-23-11-13-24(14-12-23)25-15-17-26(18-16-25)28-31-20-27(21-32-28)33-22-29(3,30)19-9-7-5-2/h11-18,20-21H,4-10,19,22H2,1-3H3/t29-/m0/s1. The van der Waals surface area contributed by atoms with Crippen LogP contribution in [0.2, 0.25) is 0 Å². The van der Waals surface area contributed by atoms with E-state index in [1.165, 1.54) is 36.0 Å². The van der Waals surface area contributed by atoms with Crippen molar-refractivity contribution in [1.29, 1.82) is 0 Å². The van der Waals surface area contributed by atoms with E-state index in [0.29, 0.717) is 18.0 Å². The Morgan fingerprint density at radius 3 is 1.91 bits per heavy atom. The molecule has 0 aliphatic carbocycles. The van der Waals surface area contributed by atoms with Gasteiger partial charge >= 0.3 is 0 Å². The van der Waals surface area contributed by atoms with Crippen molar-refractivity contribution >= 4 is 0 Å². The molecule has 0 N–H and O–H groups in total. The molecule has 0 spiro atoms. The van der Waals surface area contributed by atoms with Crippen LogP contribution in [0.1, 0.15) is 71.3 Å². The molecule has 0 aliphatic heterocycles. The minimum Gasteiger partial charge on any atom is -0.487 e. The molecule has 0 fully saturated rings. The Balaban J connectivity index is 1.56. The summed E-state index contributed by atoms with van der Waals surface area (Å²) in [4.78, 5) is 8.83. The first kappa shape index (κ1) is 24.9. The van der Waals surface area contributed by atoms with Crippen molar-refractivity contribution in [3.63, 3.8) is 0 Å². The van der Waals surface area contributed by atoms with Gasteiger partial charge in [-0.3, -0.25) is 0 Å². The van der Waals surface area contributed by atoms with Gasteiger partial charge in [0, 0.05) is 5.56 Å². The van der Waals surface area contributed by atoms with Crippen LogP contribution >= 0.6 is 0 Å². The van der Waals surface area contributed by atoms with E-state index in [9.17, 15) is 4.39 Å². The third kappa shape index (κ3) is 7.96. The van der Waals surface area contributed by atoms with E-state index in [0.717, 1.165) is 31.2 Å². The van der Waals surface area contributed by atoms with Gasteiger partial charge in [0.1, 0.15) is 12.3 Å². The molecule has 3 aromatic rings. The molecule has 1 heterocycles. The highest BCUT2D eigenvalue weighted by Gasteiger charge is 2.23. The Hall–Kier alpha value is -2.75. The SMILES string of the molecule is CCCCCc1ccc(-c2ccc(-c3ncc(OC[C@@](C)(F)CCCCC)cn3)cc2)cc1. The second-order valence-electron chi connectivity index (χ2n) is 9.13. The summed E-state index contributed by atoms with van der Waals surface area (Å²) in [6.07, 6.45) is 11.7. The summed E-state index contributed by atoms with van der Waals surface area (Å²) >= 11 is 0.